The lowest BCUT2D eigenvalue weighted by Crippen LogP contribution is -2.26. The molecule has 2 amide bonds. The van der Waals surface area contributed by atoms with Crippen molar-refractivity contribution in [2.24, 2.45) is 0 Å². The number of benzene rings is 2. The van der Waals surface area contributed by atoms with E-state index in [1.807, 2.05) is 24.3 Å². The van der Waals surface area contributed by atoms with Crippen LogP contribution in [0.25, 0.3) is 11.1 Å². The normalized spacial score (nSPS) is 13.8. The summed E-state index contributed by atoms with van der Waals surface area (Å²) in [6.07, 6.45) is 6.03. The number of halogens is 1. The summed E-state index contributed by atoms with van der Waals surface area (Å²) in [6, 6.07) is 15.5. The van der Waals surface area contributed by atoms with Crippen molar-refractivity contribution in [3.8, 4) is 11.1 Å². The highest BCUT2D eigenvalue weighted by Crippen LogP contribution is 2.31. The number of carbonyl (C=O) groups excluding carboxylic acids is 4. The molecule has 1 heterocycles. The summed E-state index contributed by atoms with van der Waals surface area (Å²) in [5.41, 5.74) is 2.66. The topological polar surface area (TPSA) is 142 Å². The van der Waals surface area contributed by atoms with E-state index < -0.39 is 43.3 Å². The molecule has 1 atom stereocenters. The van der Waals surface area contributed by atoms with Crippen molar-refractivity contribution in [1.29, 1.82) is 0 Å². The van der Waals surface area contributed by atoms with Crippen LogP contribution in [0.2, 0.25) is 0 Å². The fraction of sp³-hybridized carbons (Fsp3) is 0.323. The van der Waals surface area contributed by atoms with Crippen molar-refractivity contribution in [2.75, 3.05) is 23.8 Å². The smallest absolute Gasteiger partial charge is 0.431 e. The second kappa shape index (κ2) is 15.7. The standard InChI is InChI=1S/C31H32ClN3O8/c1-20(41-31(39)42-24-9-3-2-4-10-24)25-11-6-12-26(30(38)43-32)29(25)35-28(37)19-40-18-27(36)34-23-8-5-7-22(17-23)21-13-15-33-16-14-21/h5-8,11-17,20,24H,2-4,9-10,18-19H2,1H3,(H,34,36)(H,35,37). The van der Waals surface area contributed by atoms with Crippen LogP contribution in [0.4, 0.5) is 16.2 Å². The zero-order chi connectivity index (χ0) is 30.6. The molecular formula is C31H32ClN3O8. The second-order valence-electron chi connectivity index (χ2n) is 9.93. The van der Waals surface area contributed by atoms with Gasteiger partial charge in [-0.05, 0) is 74.1 Å². The van der Waals surface area contributed by atoms with Gasteiger partial charge in [0, 0.05) is 23.6 Å². The lowest BCUT2D eigenvalue weighted by molar-refractivity contribution is -0.125. The average Bonchev–Trinajstić information content (AvgIpc) is 3.01. The van der Waals surface area contributed by atoms with E-state index in [2.05, 4.69) is 19.9 Å². The third-order valence-corrected chi connectivity index (χ3v) is 6.94. The molecule has 3 aromatic rings. The Morgan fingerprint density at radius 2 is 1.60 bits per heavy atom. The van der Waals surface area contributed by atoms with Gasteiger partial charge in [0.15, 0.2) is 0 Å². The van der Waals surface area contributed by atoms with Gasteiger partial charge in [0.2, 0.25) is 11.8 Å². The molecule has 1 fully saturated rings. The first-order chi connectivity index (χ1) is 20.8. The maximum atomic E-state index is 12.8. The summed E-state index contributed by atoms with van der Waals surface area (Å²) in [6.45, 7) is 0.665. The van der Waals surface area contributed by atoms with Crippen LogP contribution in [0.5, 0.6) is 0 Å². The van der Waals surface area contributed by atoms with Crippen LogP contribution < -0.4 is 10.6 Å². The van der Waals surface area contributed by atoms with Gasteiger partial charge in [0.1, 0.15) is 37.3 Å². The van der Waals surface area contributed by atoms with Gasteiger partial charge >= 0.3 is 12.1 Å². The maximum absolute atomic E-state index is 12.8. The summed E-state index contributed by atoms with van der Waals surface area (Å²) in [5, 5.41) is 5.32. The molecule has 226 valence electrons. The van der Waals surface area contributed by atoms with Gasteiger partial charge in [-0.2, -0.15) is 0 Å². The predicted octanol–water partition coefficient (Wildman–Crippen LogP) is 6.20. The summed E-state index contributed by atoms with van der Waals surface area (Å²) < 4.78 is 20.5. The SMILES string of the molecule is CC(OC(=O)OC1CCCCC1)c1cccc(C(=O)OCl)c1NC(=O)COCC(=O)Nc1cccc(-c2ccncc2)c1. The number of rotatable bonds is 11. The Hall–Kier alpha value is -4.48. The number of pyridine rings is 1. The van der Waals surface area contributed by atoms with Gasteiger partial charge in [-0.1, -0.05) is 30.7 Å². The fourth-order valence-electron chi connectivity index (χ4n) is 4.74. The number of anilines is 2. The number of aromatic nitrogens is 1. The lowest BCUT2D eigenvalue weighted by Gasteiger charge is -2.23. The molecule has 43 heavy (non-hydrogen) atoms. The molecular weight excluding hydrogens is 578 g/mol. The Balaban J connectivity index is 1.34. The number of ether oxygens (including phenoxy) is 3. The van der Waals surface area contributed by atoms with Crippen LogP contribution in [0.15, 0.2) is 67.0 Å². The van der Waals surface area contributed by atoms with E-state index in [1.165, 1.54) is 12.1 Å². The number of para-hydroxylation sites is 1. The summed E-state index contributed by atoms with van der Waals surface area (Å²) in [5.74, 6) is -2.06. The number of nitrogens with one attached hydrogen (secondary N) is 2. The molecule has 2 aromatic carbocycles. The van der Waals surface area contributed by atoms with Gasteiger partial charge in [-0.15, -0.1) is 0 Å². The molecule has 4 rings (SSSR count). The van der Waals surface area contributed by atoms with Gasteiger partial charge in [0.05, 0.1) is 11.3 Å². The Labute approximate surface area is 254 Å². The second-order valence-corrected chi connectivity index (χ2v) is 10.1. The van der Waals surface area contributed by atoms with Crippen molar-refractivity contribution in [1.82, 2.24) is 4.98 Å². The number of nitrogens with zero attached hydrogens (tertiary/aromatic N) is 1. The molecule has 2 N–H and O–H groups in total. The minimum Gasteiger partial charge on any atom is -0.431 e. The molecule has 1 unspecified atom stereocenters. The molecule has 0 saturated heterocycles. The van der Waals surface area contributed by atoms with E-state index in [-0.39, 0.29) is 17.4 Å². The molecule has 0 aliphatic heterocycles. The van der Waals surface area contributed by atoms with E-state index in [9.17, 15) is 19.2 Å². The van der Waals surface area contributed by atoms with Crippen molar-refractivity contribution in [2.45, 2.75) is 51.2 Å². The maximum Gasteiger partial charge on any atom is 0.509 e. The monoisotopic (exact) mass is 609 g/mol. The highest BCUT2D eigenvalue weighted by Gasteiger charge is 2.25. The van der Waals surface area contributed by atoms with E-state index in [0.717, 1.165) is 43.2 Å². The van der Waals surface area contributed by atoms with Crippen LogP contribution in [-0.4, -0.2) is 48.2 Å². The van der Waals surface area contributed by atoms with Gasteiger partial charge in [-0.25, -0.2) is 9.59 Å². The number of amides is 2. The Morgan fingerprint density at radius 3 is 2.33 bits per heavy atom. The molecule has 1 aromatic heterocycles. The van der Waals surface area contributed by atoms with Crippen LogP contribution in [0.3, 0.4) is 0 Å². The first-order valence-corrected chi connectivity index (χ1v) is 14.2. The van der Waals surface area contributed by atoms with E-state index >= 15 is 0 Å². The molecule has 0 bridgehead atoms. The van der Waals surface area contributed by atoms with Crippen LogP contribution in [0, 0.1) is 0 Å². The molecule has 1 aliphatic carbocycles. The predicted molar refractivity (Wildman–Crippen MR) is 158 cm³/mol. The lowest BCUT2D eigenvalue weighted by atomic mass is 9.98. The molecule has 1 aliphatic rings. The average molecular weight is 610 g/mol. The summed E-state index contributed by atoms with van der Waals surface area (Å²) in [4.78, 5) is 54.0. The van der Waals surface area contributed by atoms with E-state index in [0.29, 0.717) is 11.3 Å². The first-order valence-electron chi connectivity index (χ1n) is 13.8. The quantitative estimate of drug-likeness (QED) is 0.243. The number of hydrogen-bond donors (Lipinski definition) is 2. The fourth-order valence-corrected chi connectivity index (χ4v) is 4.83. The summed E-state index contributed by atoms with van der Waals surface area (Å²) >= 11 is 5.31. The van der Waals surface area contributed by atoms with E-state index in [4.69, 9.17) is 26.1 Å². The molecule has 12 heteroatoms. The largest absolute Gasteiger partial charge is 0.509 e. The summed E-state index contributed by atoms with van der Waals surface area (Å²) in [7, 11) is 0. The van der Waals surface area contributed by atoms with Crippen molar-refractivity contribution in [3.05, 3.63) is 78.1 Å². The van der Waals surface area contributed by atoms with Crippen molar-refractivity contribution < 1.29 is 37.7 Å². The number of hydrogen-bond acceptors (Lipinski definition) is 9. The molecule has 0 spiro atoms. The third kappa shape index (κ3) is 9.25. The van der Waals surface area contributed by atoms with Crippen LogP contribution >= 0.6 is 11.9 Å². The Kier molecular flexibility index (Phi) is 11.5. The third-order valence-electron chi connectivity index (χ3n) is 6.80. The zero-order valence-corrected chi connectivity index (χ0v) is 24.3. The zero-order valence-electron chi connectivity index (χ0n) is 23.5. The Bertz CT molecular complexity index is 1430. The van der Waals surface area contributed by atoms with Gasteiger partial charge < -0.3 is 29.1 Å². The Morgan fingerprint density at radius 1 is 0.907 bits per heavy atom. The highest BCUT2D eigenvalue weighted by molar-refractivity contribution is 6.17. The molecule has 0 radical (unpaired) electrons. The van der Waals surface area contributed by atoms with Gasteiger partial charge in [-0.3, -0.25) is 14.6 Å². The minimum absolute atomic E-state index is 0.0251. The minimum atomic E-state index is -0.926. The number of carbonyl (C=O) groups is 4. The van der Waals surface area contributed by atoms with Crippen molar-refractivity contribution >= 4 is 47.2 Å². The highest BCUT2D eigenvalue weighted by atomic mass is 35.5. The molecule has 1 saturated carbocycles. The van der Waals surface area contributed by atoms with Gasteiger partial charge in [0.25, 0.3) is 0 Å². The first kappa shape index (κ1) is 31.5. The van der Waals surface area contributed by atoms with Crippen molar-refractivity contribution in [3.63, 3.8) is 0 Å². The molecule has 11 nitrogen and oxygen atoms in total. The van der Waals surface area contributed by atoms with Crippen LogP contribution in [-0.2, 0) is 28.1 Å². The van der Waals surface area contributed by atoms with Crippen LogP contribution in [0.1, 0.15) is 61.1 Å². The van der Waals surface area contributed by atoms with E-state index in [1.54, 1.807) is 37.5 Å².